The van der Waals surface area contributed by atoms with E-state index in [4.69, 9.17) is 27.9 Å². The first kappa shape index (κ1) is 14.9. The van der Waals surface area contributed by atoms with Gasteiger partial charge in [-0.2, -0.15) is 5.10 Å². The van der Waals surface area contributed by atoms with Crippen LogP contribution in [0.5, 0.6) is 11.6 Å². The number of H-pyrrole nitrogens is 1. The summed E-state index contributed by atoms with van der Waals surface area (Å²) in [7, 11) is 0. The molecule has 0 unspecified atom stereocenters. The van der Waals surface area contributed by atoms with Gasteiger partial charge in [-0.15, -0.1) is 0 Å². The molecule has 2 heterocycles. The van der Waals surface area contributed by atoms with E-state index in [-0.39, 0.29) is 0 Å². The maximum Gasteiger partial charge on any atom is 0.218 e. The molecule has 0 atom stereocenters. The van der Waals surface area contributed by atoms with Gasteiger partial charge in [0.2, 0.25) is 5.88 Å². The highest BCUT2D eigenvalue weighted by atomic mass is 35.5. The van der Waals surface area contributed by atoms with Crippen molar-refractivity contribution in [3.63, 3.8) is 0 Å². The van der Waals surface area contributed by atoms with Crippen LogP contribution >= 0.6 is 23.2 Å². The fourth-order valence-electron chi connectivity index (χ4n) is 2.22. The number of rotatable bonds is 5. The standard InChI is InChI=1S/C15H14Cl2N4O/c1-2-13-14(8-21-4-3-18-9-21)19-20-15(13)22-12-6-10(16)5-11(17)7-12/h3-7,9H,2,8H2,1H3,(H,19,20). The molecule has 0 radical (unpaired) electrons. The minimum atomic E-state index is 0.527. The molecule has 1 N–H and O–H groups in total. The molecule has 1 aromatic carbocycles. The minimum Gasteiger partial charge on any atom is -0.439 e. The van der Waals surface area contributed by atoms with Crippen LogP contribution in [0.25, 0.3) is 0 Å². The van der Waals surface area contributed by atoms with Crippen LogP contribution in [0.2, 0.25) is 10.0 Å². The summed E-state index contributed by atoms with van der Waals surface area (Å²) >= 11 is 12.0. The van der Waals surface area contributed by atoms with Crippen LogP contribution in [-0.2, 0) is 13.0 Å². The van der Waals surface area contributed by atoms with Crippen LogP contribution in [0.1, 0.15) is 18.2 Å². The number of aromatic nitrogens is 4. The molecule has 3 rings (SSSR count). The van der Waals surface area contributed by atoms with Crippen LogP contribution in [0, 0.1) is 0 Å². The van der Waals surface area contributed by atoms with E-state index in [2.05, 4.69) is 22.1 Å². The Kier molecular flexibility index (Phi) is 4.36. The summed E-state index contributed by atoms with van der Waals surface area (Å²) in [6.07, 6.45) is 6.19. The van der Waals surface area contributed by atoms with Gasteiger partial charge in [0.05, 0.1) is 18.6 Å². The topological polar surface area (TPSA) is 55.7 Å². The number of imidazole rings is 1. The van der Waals surface area contributed by atoms with E-state index >= 15 is 0 Å². The summed E-state index contributed by atoms with van der Waals surface area (Å²) in [6.45, 7) is 2.69. The largest absolute Gasteiger partial charge is 0.439 e. The van der Waals surface area contributed by atoms with Crippen LogP contribution < -0.4 is 4.74 Å². The van der Waals surface area contributed by atoms with Gasteiger partial charge in [0.1, 0.15) is 5.75 Å². The molecular formula is C15H14Cl2N4O. The molecule has 0 aliphatic carbocycles. The highest BCUT2D eigenvalue weighted by Gasteiger charge is 2.14. The molecule has 0 spiro atoms. The number of ether oxygens (including phenoxy) is 1. The third-order valence-corrected chi connectivity index (χ3v) is 3.65. The molecule has 0 fully saturated rings. The number of nitrogens with one attached hydrogen (secondary N) is 1. The van der Waals surface area contributed by atoms with E-state index < -0.39 is 0 Å². The molecule has 7 heteroatoms. The average molecular weight is 337 g/mol. The Balaban J connectivity index is 1.86. The molecular weight excluding hydrogens is 323 g/mol. The molecule has 0 aliphatic rings. The predicted molar refractivity (Wildman–Crippen MR) is 85.8 cm³/mol. The lowest BCUT2D eigenvalue weighted by Crippen LogP contribution is -2.00. The smallest absolute Gasteiger partial charge is 0.218 e. The van der Waals surface area contributed by atoms with E-state index in [1.54, 1.807) is 30.7 Å². The van der Waals surface area contributed by atoms with Crippen molar-refractivity contribution >= 4 is 23.2 Å². The fraction of sp³-hybridized carbons (Fsp3) is 0.200. The summed E-state index contributed by atoms with van der Waals surface area (Å²) in [5, 5.41) is 8.32. The number of hydrogen-bond donors (Lipinski definition) is 1. The Bertz CT molecular complexity index is 748. The van der Waals surface area contributed by atoms with Gasteiger partial charge in [-0.05, 0) is 24.6 Å². The number of halogens is 2. The normalized spacial score (nSPS) is 10.9. The second-order valence-electron chi connectivity index (χ2n) is 4.77. The van der Waals surface area contributed by atoms with Gasteiger partial charge in [-0.25, -0.2) is 10.1 Å². The van der Waals surface area contributed by atoms with Crippen LogP contribution in [0.3, 0.4) is 0 Å². The number of aromatic amines is 1. The van der Waals surface area contributed by atoms with Gasteiger partial charge in [0.25, 0.3) is 0 Å². The molecule has 2 aromatic heterocycles. The zero-order chi connectivity index (χ0) is 15.5. The maximum atomic E-state index is 5.99. The van der Waals surface area contributed by atoms with Crippen molar-refractivity contribution in [2.45, 2.75) is 19.9 Å². The molecule has 0 saturated carbocycles. The molecule has 22 heavy (non-hydrogen) atoms. The summed E-state index contributed by atoms with van der Waals surface area (Å²) in [6, 6.07) is 5.08. The fourth-order valence-corrected chi connectivity index (χ4v) is 2.73. The van der Waals surface area contributed by atoms with Crippen molar-refractivity contribution in [1.82, 2.24) is 19.7 Å². The van der Waals surface area contributed by atoms with Crippen LogP contribution in [-0.4, -0.2) is 19.7 Å². The Morgan fingerprint density at radius 3 is 2.64 bits per heavy atom. The lowest BCUT2D eigenvalue weighted by molar-refractivity contribution is 0.456. The van der Waals surface area contributed by atoms with Gasteiger partial charge in [0.15, 0.2) is 0 Å². The van der Waals surface area contributed by atoms with E-state index in [1.807, 2.05) is 10.8 Å². The Hall–Kier alpha value is -1.98. The van der Waals surface area contributed by atoms with Crippen molar-refractivity contribution in [2.75, 3.05) is 0 Å². The van der Waals surface area contributed by atoms with E-state index in [0.29, 0.717) is 28.2 Å². The highest BCUT2D eigenvalue weighted by Crippen LogP contribution is 2.30. The first-order valence-corrected chi connectivity index (χ1v) is 7.57. The van der Waals surface area contributed by atoms with Gasteiger partial charge in [-0.1, -0.05) is 30.1 Å². The zero-order valence-electron chi connectivity index (χ0n) is 11.9. The van der Waals surface area contributed by atoms with Gasteiger partial charge in [-0.3, -0.25) is 0 Å². The van der Waals surface area contributed by atoms with Crippen LogP contribution in [0.15, 0.2) is 36.9 Å². The van der Waals surface area contributed by atoms with E-state index in [0.717, 1.165) is 17.7 Å². The predicted octanol–water partition coefficient (Wildman–Crippen LogP) is 4.32. The van der Waals surface area contributed by atoms with E-state index in [1.165, 1.54) is 0 Å². The quantitative estimate of drug-likeness (QED) is 0.754. The minimum absolute atomic E-state index is 0.527. The Morgan fingerprint density at radius 1 is 1.23 bits per heavy atom. The first-order valence-electron chi connectivity index (χ1n) is 6.81. The molecule has 0 bridgehead atoms. The monoisotopic (exact) mass is 336 g/mol. The Labute approximate surface area is 137 Å². The summed E-state index contributed by atoms with van der Waals surface area (Å²) in [4.78, 5) is 4.03. The van der Waals surface area contributed by atoms with Gasteiger partial charge < -0.3 is 9.30 Å². The number of hydrogen-bond acceptors (Lipinski definition) is 3. The molecule has 3 aromatic rings. The SMILES string of the molecule is CCc1c(Cn2ccnc2)n[nH]c1Oc1cc(Cl)cc(Cl)c1. The highest BCUT2D eigenvalue weighted by molar-refractivity contribution is 6.34. The maximum absolute atomic E-state index is 5.99. The number of nitrogens with zero attached hydrogens (tertiary/aromatic N) is 3. The molecule has 114 valence electrons. The molecule has 0 aliphatic heterocycles. The third-order valence-electron chi connectivity index (χ3n) is 3.22. The van der Waals surface area contributed by atoms with Gasteiger partial charge >= 0.3 is 0 Å². The van der Waals surface area contributed by atoms with Crippen molar-refractivity contribution in [1.29, 1.82) is 0 Å². The van der Waals surface area contributed by atoms with Crippen molar-refractivity contribution in [3.8, 4) is 11.6 Å². The molecule has 0 amide bonds. The van der Waals surface area contributed by atoms with Gasteiger partial charge in [0, 0.05) is 28.0 Å². The lowest BCUT2D eigenvalue weighted by atomic mass is 10.2. The second-order valence-corrected chi connectivity index (χ2v) is 5.65. The average Bonchev–Trinajstić information content (AvgIpc) is 3.08. The first-order chi connectivity index (χ1) is 10.7. The zero-order valence-corrected chi connectivity index (χ0v) is 13.4. The summed E-state index contributed by atoms with van der Waals surface area (Å²) in [5.41, 5.74) is 1.94. The molecule has 0 saturated heterocycles. The Morgan fingerprint density at radius 2 is 2.00 bits per heavy atom. The van der Waals surface area contributed by atoms with Crippen molar-refractivity contribution in [2.24, 2.45) is 0 Å². The summed E-state index contributed by atoms with van der Waals surface area (Å²) < 4.78 is 7.80. The number of benzene rings is 1. The van der Waals surface area contributed by atoms with Crippen LogP contribution in [0.4, 0.5) is 0 Å². The van der Waals surface area contributed by atoms with Crippen molar-refractivity contribution < 1.29 is 4.74 Å². The summed E-state index contributed by atoms with van der Waals surface area (Å²) in [5.74, 6) is 1.18. The van der Waals surface area contributed by atoms with E-state index in [9.17, 15) is 0 Å². The van der Waals surface area contributed by atoms with Crippen molar-refractivity contribution in [3.05, 3.63) is 58.2 Å². The lowest BCUT2D eigenvalue weighted by Gasteiger charge is -2.07. The third kappa shape index (κ3) is 3.26. The molecule has 5 nitrogen and oxygen atoms in total. The second kappa shape index (κ2) is 6.42.